The maximum atomic E-state index is 12.2. The third-order valence-electron chi connectivity index (χ3n) is 5.59. The molecular formula is C19H28N2O4S. The largest absolute Gasteiger partial charge is 0.497 e. The Balaban J connectivity index is 1.54. The van der Waals surface area contributed by atoms with E-state index in [0.29, 0.717) is 36.2 Å². The van der Waals surface area contributed by atoms with Crippen LogP contribution in [0.15, 0.2) is 24.3 Å². The molecule has 2 saturated carbocycles. The molecule has 1 aromatic carbocycles. The average Bonchev–Trinajstić information content (AvgIpc) is 3.20. The molecule has 2 aliphatic rings. The second kappa shape index (κ2) is 7.86. The molecular weight excluding hydrogens is 352 g/mol. The summed E-state index contributed by atoms with van der Waals surface area (Å²) < 4.78 is 30.8. The number of sulfonamides is 1. The summed E-state index contributed by atoms with van der Waals surface area (Å²) in [6.45, 7) is 0.274. The van der Waals surface area contributed by atoms with E-state index in [1.165, 1.54) is 29.8 Å². The van der Waals surface area contributed by atoms with E-state index in [0.717, 1.165) is 12.3 Å². The van der Waals surface area contributed by atoms with Gasteiger partial charge in [0.25, 0.3) is 0 Å². The Hall–Kier alpha value is -1.76. The standard InChI is InChI=1S/C19H28N2O4S/c1-25-17-6-3-5-16(13-17)21(26(2,23)24)10-4-7-19(22)20-18-12-14-8-9-15(18)11-14/h3,5-6,13-15,18H,4,7-12H2,1-2H3,(H,20,22)/t14-,15-,18+/m0/s1. The van der Waals surface area contributed by atoms with Crippen molar-refractivity contribution in [3.63, 3.8) is 0 Å². The Kier molecular flexibility index (Phi) is 5.75. The predicted octanol–water partition coefficient (Wildman–Crippen LogP) is 2.55. The van der Waals surface area contributed by atoms with Gasteiger partial charge in [0.2, 0.25) is 15.9 Å². The Bertz CT molecular complexity index is 750. The molecule has 2 aliphatic carbocycles. The fraction of sp³-hybridized carbons (Fsp3) is 0.632. The van der Waals surface area contributed by atoms with E-state index in [1.807, 2.05) is 0 Å². The van der Waals surface area contributed by atoms with E-state index in [9.17, 15) is 13.2 Å². The molecule has 26 heavy (non-hydrogen) atoms. The number of amides is 1. The molecule has 1 aromatic rings. The van der Waals surface area contributed by atoms with E-state index < -0.39 is 10.0 Å². The zero-order valence-corrected chi connectivity index (χ0v) is 16.3. The van der Waals surface area contributed by atoms with E-state index in [-0.39, 0.29) is 12.5 Å². The highest BCUT2D eigenvalue weighted by molar-refractivity contribution is 7.92. The van der Waals surface area contributed by atoms with Crippen LogP contribution >= 0.6 is 0 Å². The van der Waals surface area contributed by atoms with Crippen molar-refractivity contribution in [2.45, 2.75) is 44.6 Å². The molecule has 3 rings (SSSR count). The van der Waals surface area contributed by atoms with Gasteiger partial charge in [0.15, 0.2) is 0 Å². The number of hydrogen-bond donors (Lipinski definition) is 1. The Labute approximate surface area is 156 Å². The Morgan fingerprint density at radius 1 is 1.31 bits per heavy atom. The number of anilines is 1. The van der Waals surface area contributed by atoms with E-state index in [4.69, 9.17) is 4.74 Å². The summed E-state index contributed by atoms with van der Waals surface area (Å²) >= 11 is 0. The van der Waals surface area contributed by atoms with Crippen LogP contribution in [0, 0.1) is 11.8 Å². The van der Waals surface area contributed by atoms with Crippen LogP contribution in [-0.2, 0) is 14.8 Å². The molecule has 1 amide bonds. The number of carbonyl (C=O) groups is 1. The highest BCUT2D eigenvalue weighted by Crippen LogP contribution is 2.44. The summed E-state index contributed by atoms with van der Waals surface area (Å²) in [6.07, 6.45) is 6.90. The number of nitrogens with zero attached hydrogens (tertiary/aromatic N) is 1. The van der Waals surface area contributed by atoms with Gasteiger partial charge < -0.3 is 10.1 Å². The highest BCUT2D eigenvalue weighted by Gasteiger charge is 2.39. The second-order valence-corrected chi connectivity index (χ2v) is 9.40. The van der Waals surface area contributed by atoms with Gasteiger partial charge in [-0.15, -0.1) is 0 Å². The number of hydrogen-bond acceptors (Lipinski definition) is 4. The molecule has 0 aliphatic heterocycles. The number of methoxy groups -OCH3 is 1. The fourth-order valence-electron chi connectivity index (χ4n) is 4.34. The third kappa shape index (κ3) is 4.50. The smallest absolute Gasteiger partial charge is 0.232 e. The summed E-state index contributed by atoms with van der Waals surface area (Å²) in [5.41, 5.74) is 0.556. The van der Waals surface area contributed by atoms with Crippen LogP contribution in [0.1, 0.15) is 38.5 Å². The lowest BCUT2D eigenvalue weighted by atomic mass is 9.95. The van der Waals surface area contributed by atoms with Crippen LogP contribution in [-0.4, -0.2) is 40.3 Å². The van der Waals surface area contributed by atoms with Crippen LogP contribution in [0.4, 0.5) is 5.69 Å². The van der Waals surface area contributed by atoms with Crippen molar-refractivity contribution in [1.82, 2.24) is 5.32 Å². The zero-order valence-electron chi connectivity index (χ0n) is 15.5. The van der Waals surface area contributed by atoms with Crippen LogP contribution in [0.3, 0.4) is 0 Å². The normalized spacial score (nSPS) is 24.5. The highest BCUT2D eigenvalue weighted by atomic mass is 32.2. The predicted molar refractivity (Wildman–Crippen MR) is 102 cm³/mol. The van der Waals surface area contributed by atoms with Gasteiger partial charge in [0.1, 0.15) is 5.75 Å². The van der Waals surface area contributed by atoms with Gasteiger partial charge in [-0.1, -0.05) is 12.5 Å². The van der Waals surface area contributed by atoms with Crippen LogP contribution in [0.5, 0.6) is 5.75 Å². The van der Waals surface area contributed by atoms with Gasteiger partial charge in [-0.05, 0) is 49.7 Å². The van der Waals surface area contributed by atoms with Gasteiger partial charge in [0, 0.05) is 25.1 Å². The minimum atomic E-state index is -3.42. The molecule has 7 heteroatoms. The van der Waals surface area contributed by atoms with Crippen LogP contribution in [0.25, 0.3) is 0 Å². The Morgan fingerprint density at radius 2 is 2.12 bits per heavy atom. The zero-order chi connectivity index (χ0) is 18.7. The molecule has 2 bridgehead atoms. The number of carbonyl (C=O) groups excluding carboxylic acids is 1. The molecule has 6 nitrogen and oxygen atoms in total. The quantitative estimate of drug-likeness (QED) is 0.752. The SMILES string of the molecule is COc1cccc(N(CCCC(=O)N[C@@H]2C[C@H]3CC[C@H]2C3)S(C)(=O)=O)c1. The van der Waals surface area contributed by atoms with Gasteiger partial charge in [-0.2, -0.15) is 0 Å². The first-order chi connectivity index (χ1) is 12.4. The van der Waals surface area contributed by atoms with Gasteiger partial charge in [-0.25, -0.2) is 8.42 Å². The lowest BCUT2D eigenvalue weighted by Crippen LogP contribution is -2.39. The average molecular weight is 381 g/mol. The maximum Gasteiger partial charge on any atom is 0.232 e. The summed E-state index contributed by atoms with van der Waals surface area (Å²) in [7, 11) is -1.88. The van der Waals surface area contributed by atoms with Crippen LogP contribution < -0.4 is 14.4 Å². The van der Waals surface area contributed by atoms with Crippen molar-refractivity contribution in [3.8, 4) is 5.75 Å². The molecule has 0 saturated heterocycles. The van der Waals surface area contributed by atoms with Crippen LogP contribution in [0.2, 0.25) is 0 Å². The summed E-state index contributed by atoms with van der Waals surface area (Å²) in [5, 5.41) is 3.15. The monoisotopic (exact) mass is 380 g/mol. The first kappa shape index (κ1) is 19.0. The minimum absolute atomic E-state index is 0.0293. The number of benzene rings is 1. The minimum Gasteiger partial charge on any atom is -0.497 e. The Morgan fingerprint density at radius 3 is 2.73 bits per heavy atom. The lowest BCUT2D eigenvalue weighted by Gasteiger charge is -2.24. The van der Waals surface area contributed by atoms with E-state index in [2.05, 4.69) is 5.32 Å². The maximum absolute atomic E-state index is 12.2. The molecule has 0 heterocycles. The molecule has 0 aromatic heterocycles. The number of ether oxygens (including phenoxy) is 1. The molecule has 2 fully saturated rings. The van der Waals surface area contributed by atoms with Gasteiger partial charge in [0.05, 0.1) is 19.1 Å². The number of fused-ring (bicyclic) bond motifs is 2. The van der Waals surface area contributed by atoms with Crippen molar-refractivity contribution in [3.05, 3.63) is 24.3 Å². The molecule has 3 atom stereocenters. The first-order valence-corrected chi connectivity index (χ1v) is 11.1. The topological polar surface area (TPSA) is 75.7 Å². The first-order valence-electron chi connectivity index (χ1n) is 9.28. The number of nitrogens with one attached hydrogen (secondary N) is 1. The summed E-state index contributed by atoms with van der Waals surface area (Å²) in [4.78, 5) is 12.2. The van der Waals surface area contributed by atoms with Gasteiger partial charge >= 0.3 is 0 Å². The van der Waals surface area contributed by atoms with E-state index >= 15 is 0 Å². The van der Waals surface area contributed by atoms with Gasteiger partial charge in [-0.3, -0.25) is 9.10 Å². The second-order valence-electron chi connectivity index (χ2n) is 7.49. The van der Waals surface area contributed by atoms with E-state index in [1.54, 1.807) is 31.4 Å². The van der Waals surface area contributed by atoms with Crippen molar-refractivity contribution >= 4 is 21.6 Å². The van der Waals surface area contributed by atoms with Crippen molar-refractivity contribution in [2.75, 3.05) is 24.2 Å². The third-order valence-corrected chi connectivity index (χ3v) is 6.79. The van der Waals surface area contributed by atoms with Crippen molar-refractivity contribution in [2.24, 2.45) is 11.8 Å². The molecule has 0 unspecified atom stereocenters. The molecule has 0 radical (unpaired) electrons. The summed E-state index contributed by atoms with van der Waals surface area (Å²) in [6, 6.07) is 7.28. The van der Waals surface area contributed by atoms with Crippen molar-refractivity contribution in [1.29, 1.82) is 0 Å². The summed E-state index contributed by atoms with van der Waals surface area (Å²) in [5.74, 6) is 2.07. The fourth-order valence-corrected chi connectivity index (χ4v) is 5.29. The molecule has 144 valence electrons. The van der Waals surface area contributed by atoms with Crippen molar-refractivity contribution < 1.29 is 17.9 Å². The molecule has 0 spiro atoms. The molecule has 1 N–H and O–H groups in total. The lowest BCUT2D eigenvalue weighted by molar-refractivity contribution is -0.122. The number of rotatable bonds is 8.